The van der Waals surface area contributed by atoms with Crippen molar-refractivity contribution in [3.8, 4) is 0 Å². The van der Waals surface area contributed by atoms with Crippen molar-refractivity contribution >= 4 is 28.9 Å². The minimum absolute atomic E-state index is 0.0169. The smallest absolute Gasteiger partial charge is 0.253 e. The molecule has 2 aromatic rings. The van der Waals surface area contributed by atoms with Gasteiger partial charge in [-0.3, -0.25) is 4.79 Å². The van der Waals surface area contributed by atoms with E-state index in [1.54, 1.807) is 31.1 Å². The fourth-order valence-electron chi connectivity index (χ4n) is 2.13. The van der Waals surface area contributed by atoms with Crippen LogP contribution in [-0.2, 0) is 6.54 Å². The van der Waals surface area contributed by atoms with E-state index >= 15 is 0 Å². The van der Waals surface area contributed by atoms with E-state index in [1.165, 1.54) is 11.1 Å². The average Bonchev–Trinajstić information content (AvgIpc) is 2.53. The molecule has 0 unspecified atom stereocenters. The molecule has 2 rings (SSSR count). The highest BCUT2D eigenvalue weighted by Crippen LogP contribution is 2.11. The predicted octanol–water partition coefficient (Wildman–Crippen LogP) is 3.18. The third kappa shape index (κ3) is 5.07. The lowest BCUT2D eigenvalue weighted by molar-refractivity contribution is 0.0827. The van der Waals surface area contributed by atoms with Crippen LogP contribution in [0.3, 0.4) is 0 Å². The van der Waals surface area contributed by atoms with E-state index in [9.17, 15) is 4.79 Å². The molecule has 0 aliphatic carbocycles. The molecule has 0 spiro atoms. The molecule has 4 nitrogen and oxygen atoms in total. The molecule has 1 amide bonds. The fourth-order valence-corrected chi connectivity index (χ4v) is 2.32. The number of amides is 1. The highest BCUT2D eigenvalue weighted by Gasteiger charge is 2.07. The number of carbonyl (C=O) groups is 1. The Morgan fingerprint density at radius 1 is 1.13 bits per heavy atom. The van der Waals surface area contributed by atoms with Crippen molar-refractivity contribution in [1.29, 1.82) is 0 Å². The first-order valence-corrected chi connectivity index (χ1v) is 7.78. The normalized spacial score (nSPS) is 10.0. The number of hydrogen-bond acceptors (Lipinski definition) is 2. The van der Waals surface area contributed by atoms with Crippen LogP contribution >= 0.6 is 12.2 Å². The van der Waals surface area contributed by atoms with Gasteiger partial charge in [0, 0.05) is 31.9 Å². The Labute approximate surface area is 142 Å². The number of carbonyl (C=O) groups excluding carboxylic acids is 1. The molecule has 0 fully saturated rings. The number of aryl methyl sites for hydroxylation is 1. The van der Waals surface area contributed by atoms with Crippen LogP contribution in [0.2, 0.25) is 0 Å². The molecular weight excluding hydrogens is 306 g/mol. The van der Waals surface area contributed by atoms with Crippen LogP contribution in [-0.4, -0.2) is 30.0 Å². The van der Waals surface area contributed by atoms with Gasteiger partial charge in [-0.2, -0.15) is 0 Å². The molecule has 0 heterocycles. The van der Waals surface area contributed by atoms with E-state index in [1.807, 2.05) is 18.2 Å². The van der Waals surface area contributed by atoms with Crippen LogP contribution in [0.1, 0.15) is 21.5 Å². The summed E-state index contributed by atoms with van der Waals surface area (Å²) in [5.74, 6) is -0.0169. The van der Waals surface area contributed by atoms with Crippen LogP contribution in [0.15, 0.2) is 48.5 Å². The summed E-state index contributed by atoms with van der Waals surface area (Å²) in [7, 11) is 3.47. The van der Waals surface area contributed by atoms with Crippen molar-refractivity contribution in [1.82, 2.24) is 10.2 Å². The number of nitrogens with one attached hydrogen (secondary N) is 2. The molecule has 23 heavy (non-hydrogen) atoms. The Balaban J connectivity index is 1.89. The molecule has 0 aromatic heterocycles. The van der Waals surface area contributed by atoms with Gasteiger partial charge in [-0.15, -0.1) is 0 Å². The summed E-state index contributed by atoms with van der Waals surface area (Å²) >= 11 is 5.30. The van der Waals surface area contributed by atoms with Crippen molar-refractivity contribution < 1.29 is 4.79 Å². The topological polar surface area (TPSA) is 44.4 Å². The second-order valence-corrected chi connectivity index (χ2v) is 5.98. The average molecular weight is 327 g/mol. The maximum atomic E-state index is 11.8. The summed E-state index contributed by atoms with van der Waals surface area (Å²) in [5.41, 5.74) is 3.91. The first kappa shape index (κ1) is 17.0. The van der Waals surface area contributed by atoms with Gasteiger partial charge in [0.25, 0.3) is 5.91 Å². The van der Waals surface area contributed by atoms with Crippen molar-refractivity contribution in [3.05, 3.63) is 65.2 Å². The van der Waals surface area contributed by atoms with Gasteiger partial charge in [-0.1, -0.05) is 29.8 Å². The van der Waals surface area contributed by atoms with Crippen LogP contribution in [0.5, 0.6) is 0 Å². The lowest BCUT2D eigenvalue weighted by Crippen LogP contribution is -2.28. The molecule has 2 N–H and O–H groups in total. The SMILES string of the molecule is Cc1cccc(CNC(=S)Nc2ccc(C(=O)N(C)C)cc2)c1. The van der Waals surface area contributed by atoms with E-state index in [4.69, 9.17) is 12.2 Å². The third-order valence-corrected chi connectivity index (χ3v) is 3.58. The Hall–Kier alpha value is -2.40. The molecule has 2 aromatic carbocycles. The zero-order valence-corrected chi connectivity index (χ0v) is 14.4. The zero-order chi connectivity index (χ0) is 16.8. The van der Waals surface area contributed by atoms with Gasteiger partial charge in [0.15, 0.2) is 5.11 Å². The molecule has 0 aliphatic rings. The number of anilines is 1. The van der Waals surface area contributed by atoms with Gasteiger partial charge in [-0.25, -0.2) is 0 Å². The van der Waals surface area contributed by atoms with Crippen molar-refractivity contribution in [3.63, 3.8) is 0 Å². The molecule has 0 saturated heterocycles. The number of rotatable bonds is 4. The van der Waals surface area contributed by atoms with Gasteiger partial charge in [0.1, 0.15) is 0 Å². The molecule has 0 radical (unpaired) electrons. The molecular formula is C18H21N3OS. The highest BCUT2D eigenvalue weighted by molar-refractivity contribution is 7.80. The van der Waals surface area contributed by atoms with Gasteiger partial charge >= 0.3 is 0 Å². The van der Waals surface area contributed by atoms with Crippen LogP contribution in [0.25, 0.3) is 0 Å². The third-order valence-electron chi connectivity index (χ3n) is 3.33. The molecule has 120 valence electrons. The predicted molar refractivity (Wildman–Crippen MR) is 98.7 cm³/mol. The Morgan fingerprint density at radius 3 is 2.43 bits per heavy atom. The standard InChI is InChI=1S/C18H21N3OS/c1-13-5-4-6-14(11-13)12-19-18(23)20-16-9-7-15(8-10-16)17(22)21(2)3/h4-11H,12H2,1-3H3,(H2,19,20,23). The molecule has 0 aliphatic heterocycles. The summed E-state index contributed by atoms with van der Waals surface area (Å²) < 4.78 is 0. The lowest BCUT2D eigenvalue weighted by Gasteiger charge is -2.13. The van der Waals surface area contributed by atoms with Crippen molar-refractivity contribution in [2.75, 3.05) is 19.4 Å². The summed E-state index contributed by atoms with van der Waals surface area (Å²) in [4.78, 5) is 13.4. The number of nitrogens with zero attached hydrogens (tertiary/aromatic N) is 1. The molecule has 0 atom stereocenters. The van der Waals surface area contributed by atoms with Crippen molar-refractivity contribution in [2.24, 2.45) is 0 Å². The summed E-state index contributed by atoms with van der Waals surface area (Å²) in [6.45, 7) is 2.74. The Morgan fingerprint density at radius 2 is 1.83 bits per heavy atom. The summed E-state index contributed by atoms with van der Waals surface area (Å²) in [5, 5.41) is 6.85. The van der Waals surface area contributed by atoms with Crippen molar-refractivity contribution in [2.45, 2.75) is 13.5 Å². The van der Waals surface area contributed by atoms with Gasteiger partial charge in [0.05, 0.1) is 0 Å². The number of benzene rings is 2. The minimum Gasteiger partial charge on any atom is -0.358 e. The van der Waals surface area contributed by atoms with Gasteiger partial charge in [-0.05, 0) is 49.0 Å². The first-order valence-electron chi connectivity index (χ1n) is 7.38. The lowest BCUT2D eigenvalue weighted by atomic mass is 10.1. The Bertz CT molecular complexity index is 696. The van der Waals surface area contributed by atoms with Crippen LogP contribution < -0.4 is 10.6 Å². The second kappa shape index (κ2) is 7.74. The van der Waals surface area contributed by atoms with Crippen LogP contribution in [0.4, 0.5) is 5.69 Å². The second-order valence-electron chi connectivity index (χ2n) is 5.57. The summed E-state index contributed by atoms with van der Waals surface area (Å²) in [6, 6.07) is 15.5. The van der Waals surface area contributed by atoms with E-state index < -0.39 is 0 Å². The summed E-state index contributed by atoms with van der Waals surface area (Å²) in [6.07, 6.45) is 0. The van der Waals surface area contributed by atoms with E-state index in [0.717, 1.165) is 5.69 Å². The van der Waals surface area contributed by atoms with Crippen LogP contribution in [0, 0.1) is 6.92 Å². The fraction of sp³-hybridized carbons (Fsp3) is 0.222. The van der Waals surface area contributed by atoms with Gasteiger partial charge in [0.2, 0.25) is 0 Å². The largest absolute Gasteiger partial charge is 0.358 e. The Kier molecular flexibility index (Phi) is 5.71. The van der Waals surface area contributed by atoms with E-state index in [2.05, 4.69) is 35.8 Å². The van der Waals surface area contributed by atoms with E-state index in [-0.39, 0.29) is 5.91 Å². The number of hydrogen-bond donors (Lipinski definition) is 2. The van der Waals surface area contributed by atoms with E-state index in [0.29, 0.717) is 17.2 Å². The minimum atomic E-state index is -0.0169. The molecule has 0 bridgehead atoms. The maximum absolute atomic E-state index is 11.8. The molecule has 0 saturated carbocycles. The monoisotopic (exact) mass is 327 g/mol. The maximum Gasteiger partial charge on any atom is 0.253 e. The highest BCUT2D eigenvalue weighted by atomic mass is 32.1. The number of thiocarbonyl (C=S) groups is 1. The molecule has 5 heteroatoms. The quantitative estimate of drug-likeness (QED) is 0.847. The zero-order valence-electron chi connectivity index (χ0n) is 13.6. The van der Waals surface area contributed by atoms with Gasteiger partial charge < -0.3 is 15.5 Å². The first-order chi connectivity index (χ1) is 11.0.